The van der Waals surface area contributed by atoms with Crippen molar-refractivity contribution in [1.29, 1.82) is 0 Å². The molecule has 0 radical (unpaired) electrons. The van der Waals surface area contributed by atoms with Gasteiger partial charge in [0.05, 0.1) is 25.9 Å². The summed E-state index contributed by atoms with van der Waals surface area (Å²) in [6, 6.07) is 24.0. The second kappa shape index (κ2) is 14.5. The number of carbonyl (C=O) groups excluding carboxylic acids is 1. The molecule has 0 saturated heterocycles. The number of hydrogen-bond donors (Lipinski definition) is 1. The quantitative estimate of drug-likeness (QED) is 0.315. The Bertz CT molecular complexity index is 1480. The van der Waals surface area contributed by atoms with E-state index in [4.69, 9.17) is 18.9 Å². The normalized spacial score (nSPS) is 13.8. The van der Waals surface area contributed by atoms with Crippen molar-refractivity contribution in [2.75, 3.05) is 53.7 Å². The third kappa shape index (κ3) is 7.26. The maximum Gasteiger partial charge on any atom is 0.258 e. The molecule has 3 aromatic carbocycles. The zero-order valence-electron chi connectivity index (χ0n) is 24.2. The van der Waals surface area contributed by atoms with Crippen LogP contribution >= 0.6 is 0 Å². The van der Waals surface area contributed by atoms with E-state index >= 15 is 0 Å². The molecule has 1 N–H and O–H groups in total. The number of pyridine rings is 1. The average Bonchev–Trinajstić information content (AvgIpc) is 3.02. The minimum Gasteiger partial charge on any atom is -0.493 e. The summed E-state index contributed by atoms with van der Waals surface area (Å²) < 4.78 is 23.6. The van der Waals surface area contributed by atoms with E-state index in [0.29, 0.717) is 69.5 Å². The molecule has 8 heteroatoms. The van der Waals surface area contributed by atoms with Crippen molar-refractivity contribution in [3.63, 3.8) is 0 Å². The Hall–Kier alpha value is -4.40. The Morgan fingerprint density at radius 3 is 2.69 bits per heavy atom. The van der Waals surface area contributed by atoms with Gasteiger partial charge in [-0.25, -0.2) is 0 Å². The van der Waals surface area contributed by atoms with Crippen LogP contribution in [0.3, 0.4) is 0 Å². The van der Waals surface area contributed by atoms with Crippen LogP contribution in [0.5, 0.6) is 17.2 Å². The molecule has 0 fully saturated rings. The molecule has 0 aliphatic carbocycles. The first-order chi connectivity index (χ1) is 20.7. The third-order valence-corrected chi connectivity index (χ3v) is 7.12. The molecule has 1 amide bonds. The minimum atomic E-state index is -0.142. The van der Waals surface area contributed by atoms with E-state index < -0.39 is 0 Å². The summed E-state index contributed by atoms with van der Waals surface area (Å²) in [5, 5.41) is 3.07. The van der Waals surface area contributed by atoms with Gasteiger partial charge in [-0.05, 0) is 59.6 Å². The monoisotopic (exact) mass is 567 g/mol. The van der Waals surface area contributed by atoms with Crippen molar-refractivity contribution in [1.82, 2.24) is 15.2 Å². The molecule has 2 heterocycles. The lowest BCUT2D eigenvalue weighted by Gasteiger charge is -2.25. The molecule has 0 spiro atoms. The van der Waals surface area contributed by atoms with E-state index in [9.17, 15) is 4.79 Å². The van der Waals surface area contributed by atoms with Gasteiger partial charge in [0.2, 0.25) is 0 Å². The molecule has 5 rings (SSSR count). The van der Waals surface area contributed by atoms with Crippen LogP contribution in [0.4, 0.5) is 0 Å². The van der Waals surface area contributed by atoms with Crippen molar-refractivity contribution in [3.8, 4) is 28.4 Å². The maximum absolute atomic E-state index is 14.0. The molecule has 42 heavy (non-hydrogen) atoms. The van der Waals surface area contributed by atoms with E-state index in [1.807, 2.05) is 37.5 Å². The van der Waals surface area contributed by atoms with E-state index in [2.05, 4.69) is 46.7 Å². The Morgan fingerprint density at radius 2 is 1.86 bits per heavy atom. The van der Waals surface area contributed by atoms with Gasteiger partial charge >= 0.3 is 0 Å². The van der Waals surface area contributed by atoms with Crippen LogP contribution in [0.25, 0.3) is 11.1 Å². The zero-order valence-corrected chi connectivity index (χ0v) is 24.2. The van der Waals surface area contributed by atoms with Gasteiger partial charge in [0, 0.05) is 44.0 Å². The van der Waals surface area contributed by atoms with Crippen molar-refractivity contribution in [3.05, 3.63) is 107 Å². The highest BCUT2D eigenvalue weighted by Gasteiger charge is 2.23. The molecule has 1 aliphatic heterocycles. The van der Waals surface area contributed by atoms with Crippen LogP contribution in [0.2, 0.25) is 0 Å². The fourth-order valence-electron chi connectivity index (χ4n) is 5.01. The molecule has 1 aliphatic rings. The number of methoxy groups -OCH3 is 1. The van der Waals surface area contributed by atoms with Crippen molar-refractivity contribution < 1.29 is 23.7 Å². The fraction of sp³-hybridized carbons (Fsp3) is 0.294. The molecule has 0 atom stereocenters. The standard InChI is InChI=1S/C34H37N3O5/c1-35-14-16-42-33-30(9-4-10-32(33)39-2)34(38)37-15-17-40-18-19-41-31-12-11-27(28-8-5-13-36-23-28)22-29(31)21-25-6-3-7-26(20-25)24-37/h3-13,20,22-23,35H,14-19,21,24H2,1-2H3. The lowest BCUT2D eigenvalue weighted by atomic mass is 9.98. The van der Waals surface area contributed by atoms with Crippen LogP contribution in [0.15, 0.2) is 85.2 Å². The molecule has 8 nitrogen and oxygen atoms in total. The van der Waals surface area contributed by atoms with E-state index in [0.717, 1.165) is 33.6 Å². The van der Waals surface area contributed by atoms with Gasteiger partial charge in [-0.1, -0.05) is 42.5 Å². The highest BCUT2D eigenvalue weighted by molar-refractivity contribution is 5.97. The van der Waals surface area contributed by atoms with Crippen LogP contribution in [-0.2, 0) is 17.7 Å². The summed E-state index contributed by atoms with van der Waals surface area (Å²) in [6.07, 6.45) is 4.33. The predicted octanol–water partition coefficient (Wildman–Crippen LogP) is 5.00. The van der Waals surface area contributed by atoms with Crippen LogP contribution in [0, 0.1) is 0 Å². The number of rotatable bonds is 7. The molecular formula is C34H37N3O5. The second-order valence-corrected chi connectivity index (χ2v) is 10.0. The van der Waals surface area contributed by atoms with Gasteiger partial charge < -0.3 is 29.2 Å². The number of likely N-dealkylation sites (N-methyl/N-ethyl adjacent to an activating group) is 1. The number of ether oxygens (including phenoxy) is 4. The topological polar surface area (TPSA) is 82.2 Å². The van der Waals surface area contributed by atoms with Gasteiger partial charge in [-0.3, -0.25) is 9.78 Å². The molecule has 2 bridgehead atoms. The van der Waals surface area contributed by atoms with Gasteiger partial charge in [-0.15, -0.1) is 0 Å². The number of benzene rings is 3. The average molecular weight is 568 g/mol. The summed E-state index contributed by atoms with van der Waals surface area (Å²) in [6.45, 7) is 3.10. The summed E-state index contributed by atoms with van der Waals surface area (Å²) in [7, 11) is 3.44. The van der Waals surface area contributed by atoms with E-state index in [1.165, 1.54) is 0 Å². The number of aromatic nitrogens is 1. The lowest BCUT2D eigenvalue weighted by Crippen LogP contribution is -2.34. The van der Waals surface area contributed by atoms with Gasteiger partial charge in [0.15, 0.2) is 11.5 Å². The molecule has 0 unspecified atom stereocenters. The van der Waals surface area contributed by atoms with E-state index in [-0.39, 0.29) is 5.91 Å². The van der Waals surface area contributed by atoms with Gasteiger partial charge in [0.25, 0.3) is 5.91 Å². The number of nitrogens with zero attached hydrogens (tertiary/aromatic N) is 2. The minimum absolute atomic E-state index is 0.142. The SMILES string of the molecule is CNCCOc1c(OC)cccc1C(=O)N1CCOCCOc2ccc(-c3cccnc3)cc2Cc2cccc(c2)C1. The number of carbonyl (C=O) groups is 1. The summed E-state index contributed by atoms with van der Waals surface area (Å²) in [5.41, 5.74) is 5.85. The summed E-state index contributed by atoms with van der Waals surface area (Å²) >= 11 is 0. The van der Waals surface area contributed by atoms with E-state index in [1.54, 1.807) is 30.3 Å². The molecule has 218 valence electrons. The smallest absolute Gasteiger partial charge is 0.258 e. The first-order valence-corrected chi connectivity index (χ1v) is 14.2. The van der Waals surface area contributed by atoms with Crippen LogP contribution < -0.4 is 19.5 Å². The number of fused-ring (bicyclic) bond motifs is 3. The predicted molar refractivity (Wildman–Crippen MR) is 162 cm³/mol. The first-order valence-electron chi connectivity index (χ1n) is 14.2. The summed E-state index contributed by atoms with van der Waals surface area (Å²) in [4.78, 5) is 20.1. The highest BCUT2D eigenvalue weighted by atomic mass is 16.5. The lowest BCUT2D eigenvalue weighted by molar-refractivity contribution is 0.0567. The van der Waals surface area contributed by atoms with Gasteiger partial charge in [0.1, 0.15) is 19.0 Å². The number of nitrogens with one attached hydrogen (secondary N) is 1. The second-order valence-electron chi connectivity index (χ2n) is 10.0. The van der Waals surface area contributed by atoms with Crippen LogP contribution in [0.1, 0.15) is 27.0 Å². The Balaban J connectivity index is 1.44. The molecular weight excluding hydrogens is 530 g/mol. The maximum atomic E-state index is 14.0. The molecule has 4 aromatic rings. The highest BCUT2D eigenvalue weighted by Crippen LogP contribution is 2.33. The number of hydrogen-bond acceptors (Lipinski definition) is 7. The first kappa shape index (κ1) is 29.1. The van der Waals surface area contributed by atoms with Crippen molar-refractivity contribution in [2.45, 2.75) is 13.0 Å². The number of amides is 1. The molecule has 0 saturated carbocycles. The zero-order chi connectivity index (χ0) is 29.1. The van der Waals surface area contributed by atoms with Crippen molar-refractivity contribution >= 4 is 5.91 Å². The summed E-state index contributed by atoms with van der Waals surface area (Å²) in [5.74, 6) is 1.68. The Kier molecular flexibility index (Phi) is 10.0. The number of para-hydroxylation sites is 1. The Morgan fingerprint density at radius 1 is 0.976 bits per heavy atom. The fourth-order valence-corrected chi connectivity index (χ4v) is 5.01. The Labute approximate surface area is 247 Å². The largest absolute Gasteiger partial charge is 0.493 e. The van der Waals surface area contributed by atoms with Crippen LogP contribution in [-0.4, -0.2) is 69.5 Å². The molecule has 1 aromatic heterocycles. The third-order valence-electron chi connectivity index (χ3n) is 7.12. The van der Waals surface area contributed by atoms with Crippen molar-refractivity contribution in [2.24, 2.45) is 0 Å². The van der Waals surface area contributed by atoms with Gasteiger partial charge in [-0.2, -0.15) is 0 Å².